The van der Waals surface area contributed by atoms with E-state index < -0.39 is 0 Å². The molecule has 0 heterocycles. The van der Waals surface area contributed by atoms with Gasteiger partial charge in [-0.1, -0.05) is 58.0 Å². The quantitative estimate of drug-likeness (QED) is 0.375. The Hall–Kier alpha value is 1.52. The first-order valence-electron chi connectivity index (χ1n) is 2.67. The van der Waals surface area contributed by atoms with Crippen LogP contribution in [0, 0.1) is 0 Å². The first kappa shape index (κ1) is 21.8. The van der Waals surface area contributed by atoms with Gasteiger partial charge in [0.2, 0.25) is 0 Å². The van der Waals surface area contributed by atoms with Gasteiger partial charge in [-0.3, -0.25) is 0 Å². The SMILES string of the molecule is Cl.O.Oc1c(Cl)c(Cl)c(Cl)c(Cl)c1Cl.[SnH2]. The number of hydrogen-bond donors (Lipinski definition) is 1. The first-order chi connectivity index (χ1) is 5.46. The van der Waals surface area contributed by atoms with Gasteiger partial charge in [-0.15, -0.1) is 12.4 Å². The molecule has 9 heteroatoms. The van der Waals surface area contributed by atoms with Crippen molar-refractivity contribution in [1.82, 2.24) is 0 Å². The molecule has 0 saturated heterocycles. The van der Waals surface area contributed by atoms with Gasteiger partial charge >= 0.3 is 23.9 Å². The zero-order chi connectivity index (χ0) is 9.46. The van der Waals surface area contributed by atoms with Crippen molar-refractivity contribution in [2.45, 2.75) is 0 Å². The average molecular weight is 442 g/mol. The summed E-state index contributed by atoms with van der Waals surface area (Å²) in [6.07, 6.45) is 0. The number of benzene rings is 1. The standard InChI is InChI=1S/C6HCl5O.ClH.H2O.Sn.2H/c7-1-2(8)4(10)6(12)5(11)3(1)9;;;;;/h12H;1H;1H2;;;. The molecule has 0 amide bonds. The molecular weight excluding hydrogens is 435 g/mol. The van der Waals surface area contributed by atoms with Crippen molar-refractivity contribution in [2.75, 3.05) is 0 Å². The zero-order valence-electron chi connectivity index (χ0n) is 6.95. The molecule has 0 saturated carbocycles. The van der Waals surface area contributed by atoms with E-state index in [1.807, 2.05) is 0 Å². The Morgan fingerprint density at radius 3 is 1.13 bits per heavy atom. The predicted molar refractivity (Wildman–Crippen MR) is 72.6 cm³/mol. The summed E-state index contributed by atoms with van der Waals surface area (Å²) in [5.41, 5.74) is 0. The van der Waals surface area contributed by atoms with E-state index >= 15 is 0 Å². The fourth-order valence-electron chi connectivity index (χ4n) is 0.593. The molecule has 0 unspecified atom stereocenters. The van der Waals surface area contributed by atoms with E-state index in [0.29, 0.717) is 0 Å². The van der Waals surface area contributed by atoms with Gasteiger partial charge in [-0.05, 0) is 0 Å². The zero-order valence-corrected chi connectivity index (χ0v) is 15.6. The van der Waals surface area contributed by atoms with Crippen molar-refractivity contribution in [3.8, 4) is 5.75 Å². The normalized spacial score (nSPS) is 8.33. The average Bonchev–Trinajstić information content (AvgIpc) is 2.08. The van der Waals surface area contributed by atoms with E-state index in [9.17, 15) is 5.11 Å². The first-order valence-corrected chi connectivity index (χ1v) is 4.56. The molecule has 0 atom stereocenters. The van der Waals surface area contributed by atoms with Crippen LogP contribution in [0.2, 0.25) is 25.1 Å². The fourth-order valence-corrected chi connectivity index (χ4v) is 1.72. The molecule has 2 radical (unpaired) electrons. The van der Waals surface area contributed by atoms with E-state index in [-0.39, 0.29) is 72.7 Å². The topological polar surface area (TPSA) is 51.7 Å². The van der Waals surface area contributed by atoms with Crippen molar-refractivity contribution in [3.63, 3.8) is 0 Å². The molecular formula is C6H6Cl6O2Sn. The maximum atomic E-state index is 9.20. The summed E-state index contributed by atoms with van der Waals surface area (Å²) in [5.74, 6) is -0.363. The second-order valence-corrected chi connectivity index (χ2v) is 3.81. The van der Waals surface area contributed by atoms with Gasteiger partial charge in [-0.25, -0.2) is 0 Å². The van der Waals surface area contributed by atoms with Crippen molar-refractivity contribution >= 4 is 94.3 Å². The maximum absolute atomic E-state index is 9.20. The van der Waals surface area contributed by atoms with Gasteiger partial charge < -0.3 is 10.6 Å². The van der Waals surface area contributed by atoms with Crippen molar-refractivity contribution in [3.05, 3.63) is 25.1 Å². The summed E-state index contributed by atoms with van der Waals surface area (Å²) in [4.78, 5) is 0. The second kappa shape index (κ2) is 8.59. The minimum atomic E-state index is -0.363. The number of hydrogen-bond acceptors (Lipinski definition) is 1. The Kier molecular flexibility index (Phi) is 12.5. The molecule has 0 aliphatic heterocycles. The Labute approximate surface area is 134 Å². The third kappa shape index (κ3) is 4.36. The summed E-state index contributed by atoms with van der Waals surface area (Å²) in [7, 11) is 0. The fraction of sp³-hybridized carbons (Fsp3) is 0. The van der Waals surface area contributed by atoms with E-state index in [4.69, 9.17) is 58.0 Å². The van der Waals surface area contributed by atoms with Gasteiger partial charge in [0, 0.05) is 0 Å². The molecule has 0 spiro atoms. The molecule has 1 aromatic rings. The van der Waals surface area contributed by atoms with Crippen LogP contribution in [0.4, 0.5) is 0 Å². The molecule has 0 fully saturated rings. The van der Waals surface area contributed by atoms with Crippen LogP contribution in [0.15, 0.2) is 0 Å². The molecule has 15 heavy (non-hydrogen) atoms. The number of halogens is 6. The number of rotatable bonds is 0. The predicted octanol–water partition coefficient (Wildman–Crippen LogP) is 3.34. The van der Waals surface area contributed by atoms with Gasteiger partial charge in [-0.2, -0.15) is 0 Å². The Morgan fingerprint density at radius 1 is 0.667 bits per heavy atom. The van der Waals surface area contributed by atoms with Crippen molar-refractivity contribution in [1.29, 1.82) is 0 Å². The molecule has 1 aromatic carbocycles. The second-order valence-electron chi connectivity index (χ2n) is 1.92. The van der Waals surface area contributed by atoms with Crippen LogP contribution in [0.3, 0.4) is 0 Å². The van der Waals surface area contributed by atoms with E-state index in [1.165, 1.54) is 0 Å². The van der Waals surface area contributed by atoms with Gasteiger partial charge in [0.15, 0.2) is 5.75 Å². The molecule has 0 aromatic heterocycles. The summed E-state index contributed by atoms with van der Waals surface area (Å²) in [6.45, 7) is 0. The van der Waals surface area contributed by atoms with Crippen LogP contribution in [0.5, 0.6) is 5.75 Å². The van der Waals surface area contributed by atoms with Gasteiger partial charge in [0.1, 0.15) is 10.0 Å². The third-order valence-electron chi connectivity index (χ3n) is 1.19. The molecule has 0 aliphatic carbocycles. The van der Waals surface area contributed by atoms with E-state index in [2.05, 4.69) is 0 Å². The molecule has 88 valence electrons. The van der Waals surface area contributed by atoms with Crippen LogP contribution < -0.4 is 0 Å². The molecule has 1 rings (SSSR count). The summed E-state index contributed by atoms with van der Waals surface area (Å²) >= 11 is 27.9. The van der Waals surface area contributed by atoms with Crippen molar-refractivity contribution in [2.24, 2.45) is 0 Å². The van der Waals surface area contributed by atoms with Crippen LogP contribution in [0.25, 0.3) is 0 Å². The Morgan fingerprint density at radius 2 is 0.867 bits per heavy atom. The summed E-state index contributed by atoms with van der Waals surface area (Å²) < 4.78 is 0. The molecule has 3 N–H and O–H groups in total. The Balaban J connectivity index is -0.000000480. The van der Waals surface area contributed by atoms with Crippen LogP contribution in [-0.4, -0.2) is 34.5 Å². The monoisotopic (exact) mass is 440 g/mol. The van der Waals surface area contributed by atoms with Crippen molar-refractivity contribution < 1.29 is 10.6 Å². The van der Waals surface area contributed by atoms with Crippen LogP contribution >= 0.6 is 70.4 Å². The number of phenolic OH excluding ortho intramolecular Hbond substituents is 1. The summed E-state index contributed by atoms with van der Waals surface area (Å²) in [5, 5.41) is 9.01. The van der Waals surface area contributed by atoms with Gasteiger partial charge in [0.25, 0.3) is 0 Å². The summed E-state index contributed by atoms with van der Waals surface area (Å²) in [6, 6.07) is 0. The third-order valence-corrected chi connectivity index (χ3v) is 3.44. The van der Waals surface area contributed by atoms with E-state index in [0.717, 1.165) is 0 Å². The molecule has 2 nitrogen and oxygen atoms in total. The minimum absolute atomic E-state index is 0. The van der Waals surface area contributed by atoms with Crippen LogP contribution in [0.1, 0.15) is 0 Å². The molecule has 0 bridgehead atoms. The number of aromatic hydroxyl groups is 1. The number of phenols is 1. The Bertz CT molecular complexity index is 240. The van der Waals surface area contributed by atoms with E-state index in [1.54, 1.807) is 0 Å². The molecule has 0 aliphatic rings. The van der Waals surface area contributed by atoms with Gasteiger partial charge in [0.05, 0.1) is 15.1 Å². The van der Waals surface area contributed by atoms with Crippen LogP contribution in [-0.2, 0) is 0 Å².